The maximum Gasteiger partial charge on any atom is 0.409 e. The topological polar surface area (TPSA) is 93.1 Å². The number of carboxylic acid groups (broad SMARTS) is 1. The van der Waals surface area contributed by atoms with E-state index in [2.05, 4.69) is 0 Å². The first-order valence-corrected chi connectivity index (χ1v) is 12.8. The molecule has 35 heavy (non-hydrogen) atoms. The number of Topliss-reactive ketones (excluding diaryl/α,β-unsaturated/α-hetero) is 1. The second kappa shape index (κ2) is 12.6. The zero-order chi connectivity index (χ0) is 26.2. The van der Waals surface area contributed by atoms with Crippen LogP contribution in [-0.4, -0.2) is 59.4 Å². The molecule has 0 aromatic heterocycles. The van der Waals surface area contributed by atoms with Gasteiger partial charge in [-0.2, -0.15) is 0 Å². The summed E-state index contributed by atoms with van der Waals surface area (Å²) in [4.78, 5) is 37.7. The highest BCUT2D eigenvalue weighted by Gasteiger charge is 2.32. The molecule has 1 aliphatic heterocycles. The van der Waals surface area contributed by atoms with Crippen LogP contribution in [0.1, 0.15) is 48.7 Å². The standard InChI is InChI=1S/C15H19NO3S.C12H16O3/c1-3-19-15(18)16-9-8-12(10-16)14(17)11-4-6-13(20-2)7-5-11;1-8-6-5-7-9(2)10(8)15-12(3,4)11(13)14/h4-7,12H,3,8-10H2,1-2H3;5-7H,1-4H3,(H,13,14). The van der Waals surface area contributed by atoms with Crippen molar-refractivity contribution in [3.8, 4) is 5.75 Å². The monoisotopic (exact) mass is 501 g/mol. The number of ether oxygens (including phenoxy) is 2. The minimum absolute atomic E-state index is 0.112. The van der Waals surface area contributed by atoms with Gasteiger partial charge in [0.05, 0.1) is 6.61 Å². The second-order valence-electron chi connectivity index (χ2n) is 8.86. The van der Waals surface area contributed by atoms with Crippen molar-refractivity contribution in [1.82, 2.24) is 4.90 Å². The Hall–Kier alpha value is -3.00. The fourth-order valence-corrected chi connectivity index (χ4v) is 4.01. The summed E-state index contributed by atoms with van der Waals surface area (Å²) in [6.07, 6.45) is 2.40. The third-order valence-electron chi connectivity index (χ3n) is 5.74. The first-order valence-electron chi connectivity index (χ1n) is 11.6. The zero-order valence-electron chi connectivity index (χ0n) is 21.3. The third kappa shape index (κ3) is 7.75. The molecule has 1 unspecified atom stereocenters. The van der Waals surface area contributed by atoms with Crippen LogP contribution >= 0.6 is 11.8 Å². The minimum Gasteiger partial charge on any atom is -0.478 e. The van der Waals surface area contributed by atoms with E-state index in [1.54, 1.807) is 37.4 Å². The average molecular weight is 502 g/mol. The summed E-state index contributed by atoms with van der Waals surface area (Å²) in [5.41, 5.74) is 1.42. The predicted octanol–water partition coefficient (Wildman–Crippen LogP) is 5.62. The van der Waals surface area contributed by atoms with Crippen LogP contribution < -0.4 is 4.74 Å². The number of carbonyl (C=O) groups excluding carboxylic acids is 2. The van der Waals surface area contributed by atoms with E-state index >= 15 is 0 Å². The molecule has 1 aliphatic rings. The molecule has 0 bridgehead atoms. The number of aryl methyl sites for hydroxylation is 2. The number of thioether (sulfide) groups is 1. The number of rotatable bonds is 7. The molecule has 0 saturated carbocycles. The number of likely N-dealkylation sites (tertiary alicyclic amines) is 1. The molecular formula is C27H35NO6S. The van der Waals surface area contributed by atoms with E-state index in [0.717, 1.165) is 21.6 Å². The second-order valence-corrected chi connectivity index (χ2v) is 9.74. The van der Waals surface area contributed by atoms with Gasteiger partial charge in [-0.1, -0.05) is 30.3 Å². The SMILES string of the molecule is CCOC(=O)N1CCC(C(=O)c2ccc(SC)cc2)C1.Cc1cccc(C)c1OC(C)(C)C(=O)O. The summed E-state index contributed by atoms with van der Waals surface area (Å²) in [6, 6.07) is 13.4. The van der Waals surface area contributed by atoms with E-state index in [4.69, 9.17) is 14.6 Å². The highest BCUT2D eigenvalue weighted by molar-refractivity contribution is 7.98. The zero-order valence-corrected chi connectivity index (χ0v) is 22.1. The number of carboxylic acids is 1. The molecule has 8 heteroatoms. The molecule has 1 N–H and O–H groups in total. The molecule has 0 spiro atoms. The van der Waals surface area contributed by atoms with E-state index in [0.29, 0.717) is 31.9 Å². The van der Waals surface area contributed by atoms with Gasteiger partial charge in [0.1, 0.15) is 5.75 Å². The molecule has 1 fully saturated rings. The van der Waals surface area contributed by atoms with E-state index in [1.807, 2.05) is 62.6 Å². The highest BCUT2D eigenvalue weighted by atomic mass is 32.2. The molecule has 1 heterocycles. The summed E-state index contributed by atoms with van der Waals surface area (Å²) in [6.45, 7) is 10.1. The Morgan fingerprint density at radius 3 is 2.20 bits per heavy atom. The van der Waals surface area contributed by atoms with Crippen LogP contribution in [0.3, 0.4) is 0 Å². The van der Waals surface area contributed by atoms with Gasteiger partial charge >= 0.3 is 12.1 Å². The Morgan fingerprint density at radius 2 is 1.69 bits per heavy atom. The molecule has 1 atom stereocenters. The minimum atomic E-state index is -1.20. The van der Waals surface area contributed by atoms with Crippen LogP contribution in [0.5, 0.6) is 5.75 Å². The number of ketones is 1. The number of hydrogen-bond acceptors (Lipinski definition) is 6. The number of carbonyl (C=O) groups is 3. The maximum absolute atomic E-state index is 12.4. The van der Waals surface area contributed by atoms with Crippen molar-refractivity contribution in [2.75, 3.05) is 26.0 Å². The van der Waals surface area contributed by atoms with E-state index in [9.17, 15) is 14.4 Å². The summed E-state index contributed by atoms with van der Waals surface area (Å²) in [5, 5.41) is 8.96. The van der Waals surface area contributed by atoms with E-state index in [1.165, 1.54) is 0 Å². The first kappa shape index (κ1) is 28.2. The van der Waals surface area contributed by atoms with Crippen LogP contribution in [0, 0.1) is 19.8 Å². The lowest BCUT2D eigenvalue weighted by Crippen LogP contribution is -2.38. The highest BCUT2D eigenvalue weighted by Crippen LogP contribution is 2.27. The van der Waals surface area contributed by atoms with Gasteiger partial charge in [-0.25, -0.2) is 9.59 Å². The Balaban J connectivity index is 0.000000258. The summed E-state index contributed by atoms with van der Waals surface area (Å²) in [5.74, 6) is -0.306. The van der Waals surface area contributed by atoms with Crippen molar-refractivity contribution < 1.29 is 29.0 Å². The quantitative estimate of drug-likeness (QED) is 0.389. The maximum atomic E-state index is 12.4. The molecule has 1 saturated heterocycles. The van der Waals surface area contributed by atoms with Crippen molar-refractivity contribution in [3.63, 3.8) is 0 Å². The van der Waals surface area contributed by atoms with Crippen molar-refractivity contribution >= 4 is 29.6 Å². The van der Waals surface area contributed by atoms with Gasteiger partial charge in [0.2, 0.25) is 0 Å². The Kier molecular flexibility index (Phi) is 10.2. The van der Waals surface area contributed by atoms with Gasteiger partial charge in [-0.3, -0.25) is 4.79 Å². The Labute approximate surface area is 211 Å². The van der Waals surface area contributed by atoms with E-state index < -0.39 is 11.6 Å². The average Bonchev–Trinajstić information content (AvgIpc) is 3.32. The number of hydrogen-bond donors (Lipinski definition) is 1. The van der Waals surface area contributed by atoms with Crippen molar-refractivity contribution in [1.29, 1.82) is 0 Å². The predicted molar refractivity (Wildman–Crippen MR) is 138 cm³/mol. The Bertz CT molecular complexity index is 1010. The van der Waals surface area contributed by atoms with Gasteiger partial charge in [0.15, 0.2) is 11.4 Å². The molecule has 2 aromatic rings. The number of amides is 1. The number of para-hydroxylation sites is 1. The van der Waals surface area contributed by atoms with Crippen molar-refractivity contribution in [2.24, 2.45) is 5.92 Å². The summed E-state index contributed by atoms with van der Waals surface area (Å²) in [7, 11) is 0. The molecule has 0 aliphatic carbocycles. The molecule has 3 rings (SSSR count). The first-order chi connectivity index (χ1) is 16.5. The molecule has 190 valence electrons. The van der Waals surface area contributed by atoms with Gasteiger partial charge < -0.3 is 19.5 Å². The van der Waals surface area contributed by atoms with E-state index in [-0.39, 0.29) is 17.8 Å². The summed E-state index contributed by atoms with van der Waals surface area (Å²) >= 11 is 1.65. The van der Waals surface area contributed by atoms with Crippen LogP contribution in [0.4, 0.5) is 4.79 Å². The van der Waals surface area contributed by atoms with Crippen LogP contribution in [-0.2, 0) is 9.53 Å². The fourth-order valence-electron chi connectivity index (χ4n) is 3.60. The van der Waals surface area contributed by atoms with Gasteiger partial charge in [-0.15, -0.1) is 11.8 Å². The normalized spacial score (nSPS) is 15.1. The number of benzene rings is 2. The molecule has 7 nitrogen and oxygen atoms in total. The largest absolute Gasteiger partial charge is 0.478 e. The lowest BCUT2D eigenvalue weighted by molar-refractivity contribution is -0.152. The molecule has 1 amide bonds. The fraction of sp³-hybridized carbons (Fsp3) is 0.444. The van der Waals surface area contributed by atoms with Crippen LogP contribution in [0.25, 0.3) is 0 Å². The van der Waals surface area contributed by atoms with Gasteiger partial charge in [0.25, 0.3) is 0 Å². The number of aliphatic carboxylic acids is 1. The summed E-state index contributed by atoms with van der Waals surface area (Å²) < 4.78 is 10.5. The Morgan fingerprint density at radius 1 is 1.09 bits per heavy atom. The lowest BCUT2D eigenvalue weighted by atomic mass is 9.97. The third-order valence-corrected chi connectivity index (χ3v) is 6.48. The van der Waals surface area contributed by atoms with Crippen LogP contribution in [0.2, 0.25) is 0 Å². The van der Waals surface area contributed by atoms with Crippen molar-refractivity contribution in [3.05, 3.63) is 59.2 Å². The smallest absolute Gasteiger partial charge is 0.409 e. The van der Waals surface area contributed by atoms with Gasteiger partial charge in [-0.05, 0) is 70.6 Å². The molecule has 2 aromatic carbocycles. The van der Waals surface area contributed by atoms with Crippen LogP contribution in [0.15, 0.2) is 47.4 Å². The van der Waals surface area contributed by atoms with Gasteiger partial charge in [0, 0.05) is 29.5 Å². The number of nitrogens with zero attached hydrogens (tertiary/aromatic N) is 1. The lowest BCUT2D eigenvalue weighted by Gasteiger charge is -2.23. The molecular weight excluding hydrogens is 466 g/mol. The van der Waals surface area contributed by atoms with Crippen molar-refractivity contribution in [2.45, 2.75) is 51.5 Å². The molecule has 0 radical (unpaired) electrons.